The van der Waals surface area contributed by atoms with Crippen molar-refractivity contribution in [3.63, 3.8) is 0 Å². The van der Waals surface area contributed by atoms with Gasteiger partial charge >= 0.3 is 141 Å². The Hall–Kier alpha value is -1.46. The van der Waals surface area contributed by atoms with Gasteiger partial charge in [-0.1, -0.05) is 0 Å². The number of hydrogen-bond donors (Lipinski definition) is 2. The molecule has 0 aliphatic rings. The Morgan fingerprint density at radius 3 is 2.64 bits per heavy atom. The summed E-state index contributed by atoms with van der Waals surface area (Å²) in [7, 11) is 0. The Kier molecular flexibility index (Phi) is 7.33. The first-order valence-corrected chi connectivity index (χ1v) is 9.68. The maximum atomic E-state index is 8.74. The van der Waals surface area contributed by atoms with E-state index in [-0.39, 0.29) is 28.2 Å². The Balaban J connectivity index is 2.28. The molecule has 0 radical (unpaired) electrons. The molecular formula is C17H15NO2SSe. The van der Waals surface area contributed by atoms with Crippen molar-refractivity contribution in [2.24, 2.45) is 0 Å². The van der Waals surface area contributed by atoms with Crippen LogP contribution >= 0.6 is 11.8 Å². The molecule has 1 aromatic heterocycles. The van der Waals surface area contributed by atoms with E-state index in [1.165, 1.54) is 4.46 Å². The summed E-state index contributed by atoms with van der Waals surface area (Å²) >= 11 is 1.83. The van der Waals surface area contributed by atoms with Crippen LogP contribution in [0.5, 0.6) is 0 Å². The van der Waals surface area contributed by atoms with E-state index in [0.717, 1.165) is 21.1 Å². The number of benzene rings is 1. The van der Waals surface area contributed by atoms with Gasteiger partial charge < -0.3 is 0 Å². The Morgan fingerprint density at radius 1 is 1.05 bits per heavy atom. The molecule has 2 rings (SSSR count). The fraction of sp³-hybridized carbons (Fsp3) is 0.235. The zero-order chi connectivity index (χ0) is 15.6. The molecule has 0 saturated carbocycles. The van der Waals surface area contributed by atoms with Crippen molar-refractivity contribution in [3.8, 4) is 23.7 Å². The second-order valence-corrected chi connectivity index (χ2v) is 7.15. The van der Waals surface area contributed by atoms with Gasteiger partial charge in [-0.3, -0.25) is 0 Å². The first-order valence-electron chi connectivity index (χ1n) is 6.63. The molecule has 0 amide bonds. The van der Waals surface area contributed by atoms with Crippen LogP contribution in [0, 0.1) is 23.7 Å². The summed E-state index contributed by atoms with van der Waals surface area (Å²) in [5.41, 5.74) is 0.986. The van der Waals surface area contributed by atoms with Gasteiger partial charge in [0.2, 0.25) is 0 Å². The minimum atomic E-state index is -0.107. The van der Waals surface area contributed by atoms with Gasteiger partial charge in [0.1, 0.15) is 0 Å². The molecular weight excluding hydrogens is 361 g/mol. The molecule has 0 spiro atoms. The summed E-state index contributed by atoms with van der Waals surface area (Å²) in [5, 5.41) is 19.4. The zero-order valence-electron chi connectivity index (χ0n) is 11.9. The molecule has 0 aliphatic carbocycles. The van der Waals surface area contributed by atoms with Crippen LogP contribution in [0.15, 0.2) is 35.4 Å². The van der Waals surface area contributed by atoms with Crippen molar-refractivity contribution < 1.29 is 10.2 Å². The fourth-order valence-electron chi connectivity index (χ4n) is 1.79. The van der Waals surface area contributed by atoms with Crippen LogP contribution in [0.4, 0.5) is 0 Å². The number of nitrogens with zero attached hydrogens (tertiary/aromatic N) is 1. The number of para-hydroxylation sites is 1. The number of pyridine rings is 1. The van der Waals surface area contributed by atoms with Crippen molar-refractivity contribution in [2.45, 2.75) is 10.2 Å². The molecule has 0 atom stereocenters. The van der Waals surface area contributed by atoms with Gasteiger partial charge in [0.25, 0.3) is 0 Å². The summed E-state index contributed by atoms with van der Waals surface area (Å²) in [6, 6.07) is 8.09. The van der Waals surface area contributed by atoms with E-state index < -0.39 is 0 Å². The molecule has 0 unspecified atom stereocenters. The van der Waals surface area contributed by atoms with Crippen molar-refractivity contribution in [1.29, 1.82) is 0 Å². The first kappa shape index (κ1) is 16.9. The normalized spacial score (nSPS) is 9.73. The average molecular weight is 376 g/mol. The standard InChI is InChI=1S/C17H15NO2SSe/c19-9-3-5-11-21-16-13-18-15-8-2-1-7-14(15)17(16)22-12-6-4-10-20/h1-2,7-8,13,19-20H,9-12H2. The van der Waals surface area contributed by atoms with Crippen molar-refractivity contribution >= 4 is 42.1 Å². The van der Waals surface area contributed by atoms with Gasteiger partial charge in [0, 0.05) is 0 Å². The summed E-state index contributed by atoms with van der Waals surface area (Å²) in [6.07, 6.45) is 1.89. The molecule has 112 valence electrons. The summed E-state index contributed by atoms with van der Waals surface area (Å²) in [6.45, 7) is -0.199. The minimum absolute atomic E-state index is 0.0917. The number of aliphatic hydroxyl groups excluding tert-OH is 2. The van der Waals surface area contributed by atoms with Gasteiger partial charge in [-0.05, 0) is 0 Å². The molecule has 2 N–H and O–H groups in total. The first-order chi connectivity index (χ1) is 10.9. The molecule has 0 fully saturated rings. The van der Waals surface area contributed by atoms with Crippen LogP contribution in [-0.4, -0.2) is 49.1 Å². The molecule has 3 nitrogen and oxygen atoms in total. The van der Waals surface area contributed by atoms with E-state index in [9.17, 15) is 0 Å². The van der Waals surface area contributed by atoms with E-state index in [1.807, 2.05) is 24.4 Å². The van der Waals surface area contributed by atoms with Crippen LogP contribution in [-0.2, 0) is 0 Å². The van der Waals surface area contributed by atoms with Gasteiger partial charge in [0.15, 0.2) is 0 Å². The number of hydrogen-bond acceptors (Lipinski definition) is 4. The fourth-order valence-corrected chi connectivity index (χ4v) is 4.93. The predicted octanol–water partition coefficient (Wildman–Crippen LogP) is 1.07. The van der Waals surface area contributed by atoms with Crippen LogP contribution in [0.2, 0.25) is 5.32 Å². The number of rotatable bonds is 4. The number of fused-ring (bicyclic) bond motifs is 1. The quantitative estimate of drug-likeness (QED) is 0.476. The molecule has 22 heavy (non-hydrogen) atoms. The topological polar surface area (TPSA) is 53.4 Å². The van der Waals surface area contributed by atoms with Gasteiger partial charge in [0.05, 0.1) is 0 Å². The number of aromatic nitrogens is 1. The van der Waals surface area contributed by atoms with Crippen molar-refractivity contribution in [2.75, 3.05) is 19.0 Å². The van der Waals surface area contributed by atoms with Gasteiger partial charge in [-0.25, -0.2) is 0 Å². The van der Waals surface area contributed by atoms with Gasteiger partial charge in [-0.2, -0.15) is 0 Å². The predicted molar refractivity (Wildman–Crippen MR) is 92.4 cm³/mol. The summed E-state index contributed by atoms with van der Waals surface area (Å²) in [4.78, 5) is 5.62. The third kappa shape index (κ3) is 4.78. The molecule has 1 heterocycles. The van der Waals surface area contributed by atoms with E-state index in [0.29, 0.717) is 5.75 Å². The number of thioether (sulfide) groups is 1. The molecule has 1 aromatic carbocycles. The molecule has 0 aliphatic heterocycles. The van der Waals surface area contributed by atoms with Crippen molar-refractivity contribution in [1.82, 2.24) is 4.98 Å². The molecule has 2 aromatic rings. The molecule has 5 heteroatoms. The van der Waals surface area contributed by atoms with Crippen LogP contribution < -0.4 is 4.46 Å². The summed E-state index contributed by atoms with van der Waals surface area (Å²) < 4.78 is 1.28. The van der Waals surface area contributed by atoms with Crippen LogP contribution in [0.1, 0.15) is 0 Å². The van der Waals surface area contributed by atoms with E-state index in [4.69, 9.17) is 10.2 Å². The number of aliphatic hydroxyl groups is 2. The molecule has 0 bridgehead atoms. The van der Waals surface area contributed by atoms with Gasteiger partial charge in [-0.15, -0.1) is 0 Å². The van der Waals surface area contributed by atoms with Crippen LogP contribution in [0.25, 0.3) is 10.9 Å². The van der Waals surface area contributed by atoms with E-state index >= 15 is 0 Å². The van der Waals surface area contributed by atoms with E-state index in [2.05, 4.69) is 34.7 Å². The second kappa shape index (κ2) is 9.54. The Morgan fingerprint density at radius 2 is 1.82 bits per heavy atom. The third-order valence-electron chi connectivity index (χ3n) is 2.69. The SMILES string of the molecule is OCC#CCSc1cnc2ccccc2c1[Se]CC#CCO. The monoisotopic (exact) mass is 377 g/mol. The summed E-state index contributed by atoms with van der Waals surface area (Å²) in [5.74, 6) is 11.9. The zero-order valence-corrected chi connectivity index (χ0v) is 14.4. The Labute approximate surface area is 140 Å². The van der Waals surface area contributed by atoms with Crippen molar-refractivity contribution in [3.05, 3.63) is 30.5 Å². The van der Waals surface area contributed by atoms with E-state index in [1.54, 1.807) is 11.8 Å². The average Bonchev–Trinajstić information content (AvgIpc) is 2.56. The Bertz CT molecular complexity index is 756. The van der Waals surface area contributed by atoms with Crippen LogP contribution in [0.3, 0.4) is 0 Å². The second-order valence-electron chi connectivity index (χ2n) is 4.07. The third-order valence-corrected chi connectivity index (χ3v) is 6.02. The molecule has 0 saturated heterocycles. The maximum absolute atomic E-state index is 8.74.